The lowest BCUT2D eigenvalue weighted by Gasteiger charge is -2.18. The second-order valence-corrected chi connectivity index (χ2v) is 5.52. The molecule has 5 nitrogen and oxygen atoms in total. The number of carbonyl (C=O) groups is 1. The Bertz CT molecular complexity index is 484. The predicted molar refractivity (Wildman–Crippen MR) is 80.0 cm³/mol. The molecular weight excluding hydrogens is 254 g/mol. The third-order valence-electron chi connectivity index (χ3n) is 3.51. The highest BCUT2D eigenvalue weighted by atomic mass is 16.5. The molecule has 2 rings (SSSR count). The van der Waals surface area contributed by atoms with Crippen LogP contribution in [0.5, 0.6) is 5.75 Å². The number of likely N-dealkylation sites (N-methyl/N-ethyl adjacent to an activating group) is 1. The number of hydrogen-bond donors (Lipinski definition) is 1. The summed E-state index contributed by atoms with van der Waals surface area (Å²) in [6, 6.07) is 5.87. The molecule has 20 heavy (non-hydrogen) atoms. The van der Waals surface area contributed by atoms with Gasteiger partial charge in [0.25, 0.3) is 5.91 Å². The van der Waals surface area contributed by atoms with Gasteiger partial charge in [0.05, 0.1) is 5.56 Å². The Morgan fingerprint density at radius 2 is 2.05 bits per heavy atom. The molecule has 0 bridgehead atoms. The Morgan fingerprint density at radius 3 is 2.65 bits per heavy atom. The molecule has 0 heterocycles. The van der Waals surface area contributed by atoms with Crippen molar-refractivity contribution in [3.05, 3.63) is 23.8 Å². The lowest BCUT2D eigenvalue weighted by molar-refractivity contribution is 0.0822. The minimum atomic E-state index is -0.0736. The molecule has 1 amide bonds. The smallest absolute Gasteiger partial charge is 0.257 e. The molecule has 5 heteroatoms. The van der Waals surface area contributed by atoms with Crippen LogP contribution in [0.3, 0.4) is 0 Å². The Hall–Kier alpha value is -1.75. The zero-order valence-electron chi connectivity index (χ0n) is 12.4. The maximum absolute atomic E-state index is 12.1. The highest BCUT2D eigenvalue weighted by Gasteiger charge is 2.25. The van der Waals surface area contributed by atoms with Crippen molar-refractivity contribution in [2.24, 2.45) is 0 Å². The van der Waals surface area contributed by atoms with E-state index in [1.807, 2.05) is 0 Å². The minimum Gasteiger partial charge on any atom is -0.491 e. The summed E-state index contributed by atoms with van der Waals surface area (Å²) in [7, 11) is 5.55. The number of carbonyl (C=O) groups excluding carboxylic acids is 1. The Balaban J connectivity index is 2.01. The third-order valence-corrected chi connectivity index (χ3v) is 3.51. The maximum atomic E-state index is 12.1. The molecule has 1 fully saturated rings. The van der Waals surface area contributed by atoms with E-state index in [4.69, 9.17) is 10.5 Å². The number of rotatable bonds is 6. The number of amides is 1. The minimum absolute atomic E-state index is 0.0736. The van der Waals surface area contributed by atoms with Crippen molar-refractivity contribution in [1.29, 1.82) is 0 Å². The first kappa shape index (κ1) is 14.7. The van der Waals surface area contributed by atoms with Gasteiger partial charge in [-0.05, 0) is 32.0 Å². The summed E-state index contributed by atoms with van der Waals surface area (Å²) in [6.07, 6.45) is 2.55. The fraction of sp³-hybridized carbons (Fsp3) is 0.533. The lowest BCUT2D eigenvalue weighted by Crippen LogP contribution is -2.27. The average molecular weight is 277 g/mol. The van der Waals surface area contributed by atoms with Gasteiger partial charge in [-0.1, -0.05) is 0 Å². The molecule has 0 atom stereocenters. The van der Waals surface area contributed by atoms with Crippen molar-refractivity contribution in [1.82, 2.24) is 9.80 Å². The van der Waals surface area contributed by atoms with Gasteiger partial charge in [0.1, 0.15) is 12.4 Å². The Kier molecular flexibility index (Phi) is 4.49. The van der Waals surface area contributed by atoms with Crippen LogP contribution in [0.1, 0.15) is 23.2 Å². The highest BCUT2D eigenvalue weighted by Crippen LogP contribution is 2.26. The van der Waals surface area contributed by atoms with Crippen LogP contribution >= 0.6 is 0 Å². The fourth-order valence-corrected chi connectivity index (χ4v) is 2.07. The van der Waals surface area contributed by atoms with Crippen LogP contribution in [-0.4, -0.2) is 56.0 Å². The molecular formula is C15H23N3O2. The number of anilines is 1. The third kappa shape index (κ3) is 3.63. The molecule has 1 aliphatic carbocycles. The summed E-state index contributed by atoms with van der Waals surface area (Å²) in [4.78, 5) is 15.9. The monoisotopic (exact) mass is 277 g/mol. The molecule has 0 aromatic heterocycles. The molecule has 0 radical (unpaired) electrons. The zero-order chi connectivity index (χ0) is 14.7. The topological polar surface area (TPSA) is 58.8 Å². The quantitative estimate of drug-likeness (QED) is 0.799. The standard InChI is InChI=1S/C15H23N3O2/c1-17(2)15(19)13-7-4-11(16)10-14(13)20-9-8-18(3)12-5-6-12/h4,7,10,12H,5-6,8-9,16H2,1-3H3. The van der Waals surface area contributed by atoms with E-state index in [9.17, 15) is 4.79 Å². The first-order valence-corrected chi connectivity index (χ1v) is 6.93. The Labute approximate surface area is 120 Å². The van der Waals surface area contributed by atoms with Crippen molar-refractivity contribution >= 4 is 11.6 Å². The molecule has 0 saturated heterocycles. The van der Waals surface area contributed by atoms with Crippen molar-refractivity contribution in [3.63, 3.8) is 0 Å². The van der Waals surface area contributed by atoms with Crippen molar-refractivity contribution in [3.8, 4) is 5.75 Å². The first-order valence-electron chi connectivity index (χ1n) is 6.93. The van der Waals surface area contributed by atoms with E-state index < -0.39 is 0 Å². The summed E-state index contributed by atoms with van der Waals surface area (Å²) >= 11 is 0. The number of hydrogen-bond acceptors (Lipinski definition) is 4. The number of nitrogen functional groups attached to an aromatic ring is 1. The summed E-state index contributed by atoms with van der Waals surface area (Å²) < 4.78 is 5.77. The molecule has 1 saturated carbocycles. The number of ether oxygens (including phenoxy) is 1. The van der Waals surface area contributed by atoms with E-state index in [2.05, 4.69) is 11.9 Å². The van der Waals surface area contributed by atoms with E-state index >= 15 is 0 Å². The second kappa shape index (κ2) is 6.13. The van der Waals surface area contributed by atoms with Crippen molar-refractivity contribution in [2.75, 3.05) is 40.0 Å². The van der Waals surface area contributed by atoms with Crippen LogP contribution in [0.2, 0.25) is 0 Å². The van der Waals surface area contributed by atoms with Gasteiger partial charge in [-0.25, -0.2) is 0 Å². The second-order valence-electron chi connectivity index (χ2n) is 5.52. The van der Waals surface area contributed by atoms with E-state index in [1.54, 1.807) is 32.3 Å². The normalized spacial score (nSPS) is 14.4. The van der Waals surface area contributed by atoms with E-state index in [-0.39, 0.29) is 5.91 Å². The molecule has 0 aliphatic heterocycles. The van der Waals surface area contributed by atoms with Crippen molar-refractivity contribution < 1.29 is 9.53 Å². The average Bonchev–Trinajstić information content (AvgIpc) is 3.22. The van der Waals surface area contributed by atoms with Gasteiger partial charge in [0.15, 0.2) is 0 Å². The van der Waals surface area contributed by atoms with Gasteiger partial charge in [-0.3, -0.25) is 4.79 Å². The lowest BCUT2D eigenvalue weighted by atomic mass is 10.1. The summed E-state index contributed by atoms with van der Waals surface area (Å²) in [5.74, 6) is 0.489. The van der Waals surface area contributed by atoms with Crippen molar-refractivity contribution in [2.45, 2.75) is 18.9 Å². The van der Waals surface area contributed by atoms with Gasteiger partial charge < -0.3 is 20.3 Å². The molecule has 110 valence electrons. The molecule has 1 aromatic rings. The molecule has 2 N–H and O–H groups in total. The van der Waals surface area contributed by atoms with Crippen LogP contribution in [0.25, 0.3) is 0 Å². The van der Waals surface area contributed by atoms with E-state index in [1.165, 1.54) is 17.7 Å². The maximum Gasteiger partial charge on any atom is 0.257 e. The summed E-state index contributed by atoms with van der Waals surface area (Å²) in [5.41, 5.74) is 6.93. The highest BCUT2D eigenvalue weighted by molar-refractivity contribution is 5.97. The molecule has 1 aliphatic rings. The van der Waals surface area contributed by atoms with Gasteiger partial charge in [0, 0.05) is 38.4 Å². The molecule has 0 spiro atoms. The fourth-order valence-electron chi connectivity index (χ4n) is 2.07. The zero-order valence-corrected chi connectivity index (χ0v) is 12.4. The van der Waals surface area contributed by atoms with Crippen LogP contribution in [0, 0.1) is 0 Å². The summed E-state index contributed by atoms with van der Waals surface area (Å²) in [5, 5.41) is 0. The van der Waals surface area contributed by atoms with Gasteiger partial charge >= 0.3 is 0 Å². The van der Waals surface area contributed by atoms with E-state index in [0.717, 1.165) is 6.54 Å². The number of benzene rings is 1. The largest absolute Gasteiger partial charge is 0.491 e. The van der Waals surface area contributed by atoms with Crippen LogP contribution < -0.4 is 10.5 Å². The van der Waals surface area contributed by atoms with Crippen LogP contribution in [-0.2, 0) is 0 Å². The Morgan fingerprint density at radius 1 is 1.35 bits per heavy atom. The van der Waals surface area contributed by atoms with Gasteiger partial charge in [-0.15, -0.1) is 0 Å². The number of nitrogens with zero attached hydrogens (tertiary/aromatic N) is 2. The predicted octanol–water partition coefficient (Wildman–Crippen LogP) is 1.44. The molecule has 0 unspecified atom stereocenters. The summed E-state index contributed by atoms with van der Waals surface area (Å²) in [6.45, 7) is 1.42. The van der Waals surface area contributed by atoms with Gasteiger partial charge in [-0.2, -0.15) is 0 Å². The first-order chi connectivity index (χ1) is 9.49. The van der Waals surface area contributed by atoms with Crippen LogP contribution in [0.15, 0.2) is 18.2 Å². The van der Waals surface area contributed by atoms with E-state index in [0.29, 0.717) is 29.6 Å². The molecule has 1 aromatic carbocycles. The number of nitrogens with two attached hydrogens (primary N) is 1. The SMILES string of the molecule is CN(C)C(=O)c1ccc(N)cc1OCCN(C)C1CC1. The van der Waals surface area contributed by atoms with Gasteiger partial charge in [0.2, 0.25) is 0 Å². The van der Waals surface area contributed by atoms with Crippen LogP contribution in [0.4, 0.5) is 5.69 Å².